The van der Waals surface area contributed by atoms with Crippen LogP contribution in [-0.4, -0.2) is 20.6 Å². The molecule has 0 aliphatic heterocycles. The first kappa shape index (κ1) is 6.88. The first-order valence-electron chi connectivity index (χ1n) is 4.49. The van der Waals surface area contributed by atoms with Gasteiger partial charge in [0.15, 0.2) is 5.65 Å². The van der Waals surface area contributed by atoms with E-state index in [-0.39, 0.29) is 0 Å². The Labute approximate surface area is 75.6 Å². The topological polar surface area (TPSA) is 42.2 Å². The largest absolute Gasteiger partial charge is 0.366 e. The molecule has 0 unspecified atom stereocenters. The van der Waals surface area contributed by atoms with E-state index in [2.05, 4.69) is 15.4 Å². The number of imidazole rings is 1. The van der Waals surface area contributed by atoms with Crippen molar-refractivity contribution in [3.63, 3.8) is 0 Å². The van der Waals surface area contributed by atoms with Crippen molar-refractivity contribution in [2.75, 3.05) is 5.32 Å². The van der Waals surface area contributed by atoms with Gasteiger partial charge in [0, 0.05) is 18.4 Å². The lowest BCUT2D eigenvalue weighted by Crippen LogP contribution is -2.04. The number of hydrogen-bond donors (Lipinski definition) is 1. The zero-order chi connectivity index (χ0) is 8.67. The molecule has 1 aliphatic rings. The predicted molar refractivity (Wildman–Crippen MR) is 49.6 cm³/mol. The Morgan fingerprint density at radius 1 is 1.38 bits per heavy atom. The van der Waals surface area contributed by atoms with Crippen molar-refractivity contribution in [2.45, 2.75) is 18.9 Å². The average molecular weight is 174 g/mol. The van der Waals surface area contributed by atoms with Crippen LogP contribution in [0.2, 0.25) is 0 Å². The predicted octanol–water partition coefficient (Wildman–Crippen LogP) is 1.30. The third kappa shape index (κ3) is 1.24. The molecule has 2 aromatic rings. The molecule has 0 saturated heterocycles. The van der Waals surface area contributed by atoms with Gasteiger partial charge >= 0.3 is 0 Å². The molecular weight excluding hydrogens is 164 g/mol. The molecule has 1 fully saturated rings. The van der Waals surface area contributed by atoms with E-state index in [4.69, 9.17) is 0 Å². The second kappa shape index (κ2) is 2.45. The van der Waals surface area contributed by atoms with E-state index in [1.165, 1.54) is 12.8 Å². The highest BCUT2D eigenvalue weighted by molar-refractivity contribution is 5.44. The van der Waals surface area contributed by atoms with E-state index in [1.807, 2.05) is 18.3 Å². The molecule has 0 radical (unpaired) electrons. The molecule has 0 bridgehead atoms. The molecule has 0 amide bonds. The summed E-state index contributed by atoms with van der Waals surface area (Å²) in [7, 11) is 0. The summed E-state index contributed by atoms with van der Waals surface area (Å²) >= 11 is 0. The van der Waals surface area contributed by atoms with Gasteiger partial charge < -0.3 is 5.32 Å². The van der Waals surface area contributed by atoms with E-state index in [0.29, 0.717) is 6.04 Å². The van der Waals surface area contributed by atoms with Gasteiger partial charge in [-0.1, -0.05) is 0 Å². The molecule has 13 heavy (non-hydrogen) atoms. The average Bonchev–Trinajstić information content (AvgIpc) is 2.83. The highest BCUT2D eigenvalue weighted by atomic mass is 15.3. The van der Waals surface area contributed by atoms with Crippen LogP contribution in [0.15, 0.2) is 24.5 Å². The van der Waals surface area contributed by atoms with Crippen LogP contribution >= 0.6 is 0 Å². The molecule has 4 heteroatoms. The molecule has 0 atom stereocenters. The van der Waals surface area contributed by atoms with Gasteiger partial charge in [-0.2, -0.15) is 0 Å². The lowest BCUT2D eigenvalue weighted by Gasteiger charge is -2.02. The molecule has 2 aromatic heterocycles. The first-order valence-corrected chi connectivity index (χ1v) is 4.49. The van der Waals surface area contributed by atoms with E-state index >= 15 is 0 Å². The molecule has 0 spiro atoms. The van der Waals surface area contributed by atoms with Gasteiger partial charge in [-0.25, -0.2) is 9.50 Å². The summed E-state index contributed by atoms with van der Waals surface area (Å²) in [6, 6.07) is 4.59. The summed E-state index contributed by atoms with van der Waals surface area (Å²) in [5.41, 5.74) is 0.890. The molecule has 1 N–H and O–H groups in total. The zero-order valence-electron chi connectivity index (χ0n) is 7.14. The van der Waals surface area contributed by atoms with Crippen molar-refractivity contribution in [3.05, 3.63) is 24.5 Å². The van der Waals surface area contributed by atoms with Crippen LogP contribution in [0.25, 0.3) is 5.65 Å². The minimum absolute atomic E-state index is 0.647. The van der Waals surface area contributed by atoms with Crippen LogP contribution in [-0.2, 0) is 0 Å². The van der Waals surface area contributed by atoms with E-state index < -0.39 is 0 Å². The molecule has 0 aromatic carbocycles. The van der Waals surface area contributed by atoms with E-state index in [0.717, 1.165) is 11.5 Å². The molecule has 4 nitrogen and oxygen atoms in total. The van der Waals surface area contributed by atoms with Crippen molar-refractivity contribution in [1.82, 2.24) is 14.6 Å². The quantitative estimate of drug-likeness (QED) is 0.746. The van der Waals surface area contributed by atoms with Crippen LogP contribution in [0.3, 0.4) is 0 Å². The minimum atomic E-state index is 0.647. The third-order valence-corrected chi connectivity index (χ3v) is 2.18. The summed E-state index contributed by atoms with van der Waals surface area (Å²) in [6.45, 7) is 0. The fraction of sp³-hybridized carbons (Fsp3) is 0.333. The van der Waals surface area contributed by atoms with Crippen molar-refractivity contribution in [1.29, 1.82) is 0 Å². The maximum absolute atomic E-state index is 4.36. The molecule has 66 valence electrons. The molecule has 1 aliphatic carbocycles. The fourth-order valence-corrected chi connectivity index (χ4v) is 1.33. The van der Waals surface area contributed by atoms with Crippen LogP contribution in [0.4, 0.5) is 5.82 Å². The van der Waals surface area contributed by atoms with Crippen molar-refractivity contribution < 1.29 is 0 Å². The van der Waals surface area contributed by atoms with Gasteiger partial charge in [-0.15, -0.1) is 5.10 Å². The summed E-state index contributed by atoms with van der Waals surface area (Å²) < 4.78 is 1.78. The van der Waals surface area contributed by atoms with Gasteiger partial charge in [-0.3, -0.25) is 0 Å². The maximum atomic E-state index is 4.36. The third-order valence-electron chi connectivity index (χ3n) is 2.18. The van der Waals surface area contributed by atoms with Crippen LogP contribution in [0, 0.1) is 0 Å². The lowest BCUT2D eigenvalue weighted by atomic mass is 10.5. The van der Waals surface area contributed by atoms with Gasteiger partial charge in [0.1, 0.15) is 5.82 Å². The summed E-state index contributed by atoms with van der Waals surface area (Å²) in [5, 5.41) is 7.70. The summed E-state index contributed by atoms with van der Waals surface area (Å²) in [6.07, 6.45) is 6.14. The number of nitrogens with one attached hydrogen (secondary N) is 1. The minimum Gasteiger partial charge on any atom is -0.366 e. The Morgan fingerprint density at radius 2 is 2.31 bits per heavy atom. The number of fused-ring (bicyclic) bond motifs is 1. The number of rotatable bonds is 2. The van der Waals surface area contributed by atoms with Crippen molar-refractivity contribution >= 4 is 11.5 Å². The zero-order valence-corrected chi connectivity index (χ0v) is 7.14. The molecule has 3 rings (SSSR count). The lowest BCUT2D eigenvalue weighted by molar-refractivity contribution is 0.924. The maximum Gasteiger partial charge on any atom is 0.153 e. The normalized spacial score (nSPS) is 16.3. The Bertz CT molecular complexity index is 430. The van der Waals surface area contributed by atoms with Gasteiger partial charge in [-0.05, 0) is 25.0 Å². The van der Waals surface area contributed by atoms with Crippen LogP contribution in [0.5, 0.6) is 0 Å². The number of hydrogen-bond acceptors (Lipinski definition) is 3. The Kier molecular flexibility index (Phi) is 1.30. The Hall–Kier alpha value is -1.58. The number of nitrogens with zero attached hydrogens (tertiary/aromatic N) is 3. The van der Waals surface area contributed by atoms with Crippen LogP contribution < -0.4 is 5.32 Å². The standard InChI is InChI=1S/C9H10N4/c1-2-7(1)11-8-3-4-9-10-5-6-13(9)12-8/h3-7H,1-2H2,(H,11,12). The van der Waals surface area contributed by atoms with Crippen molar-refractivity contribution in [3.8, 4) is 0 Å². The number of aromatic nitrogens is 3. The highest BCUT2D eigenvalue weighted by Gasteiger charge is 2.21. The number of anilines is 1. The van der Waals surface area contributed by atoms with Gasteiger partial charge in [0.25, 0.3) is 0 Å². The highest BCUT2D eigenvalue weighted by Crippen LogP contribution is 2.23. The second-order valence-corrected chi connectivity index (χ2v) is 3.37. The molecule has 1 saturated carbocycles. The molecular formula is C9H10N4. The van der Waals surface area contributed by atoms with Crippen molar-refractivity contribution in [2.24, 2.45) is 0 Å². The smallest absolute Gasteiger partial charge is 0.153 e. The Morgan fingerprint density at radius 3 is 3.15 bits per heavy atom. The Balaban J connectivity index is 1.99. The SMILES string of the molecule is c1cn2nc(NC3CC3)ccc2n1. The first-order chi connectivity index (χ1) is 6.42. The second-order valence-electron chi connectivity index (χ2n) is 3.37. The molecule has 2 heterocycles. The van der Waals surface area contributed by atoms with Crippen LogP contribution in [0.1, 0.15) is 12.8 Å². The summed E-state index contributed by atoms with van der Waals surface area (Å²) in [5.74, 6) is 0.938. The van der Waals surface area contributed by atoms with Gasteiger partial charge in [0.05, 0.1) is 0 Å². The monoisotopic (exact) mass is 174 g/mol. The summed E-state index contributed by atoms with van der Waals surface area (Å²) in [4.78, 5) is 4.13. The van der Waals surface area contributed by atoms with Gasteiger partial charge in [0.2, 0.25) is 0 Å². The fourth-order valence-electron chi connectivity index (χ4n) is 1.33. The van der Waals surface area contributed by atoms with E-state index in [9.17, 15) is 0 Å². The van der Waals surface area contributed by atoms with E-state index in [1.54, 1.807) is 10.7 Å².